The molecule has 0 aromatic heterocycles. The minimum Gasteiger partial charge on any atom is -0.488 e. The maximum Gasteiger partial charge on any atom is 0.340 e. The van der Waals surface area contributed by atoms with Gasteiger partial charge in [0.2, 0.25) is 0 Å². The zero-order chi connectivity index (χ0) is 18.7. The van der Waals surface area contributed by atoms with Gasteiger partial charge in [-0.3, -0.25) is 9.69 Å². The Hall–Kier alpha value is -2.97. The molecular weight excluding hydrogens is 340 g/mol. The van der Waals surface area contributed by atoms with Crippen LogP contribution >= 0.6 is 0 Å². The first-order valence-corrected chi connectivity index (χ1v) is 7.19. The number of nitrogens with zero attached hydrogens (tertiary/aromatic N) is 1. The average Bonchev–Trinajstić information content (AvgIpc) is 2.87. The van der Waals surface area contributed by atoms with Crippen LogP contribution in [0.5, 0.6) is 0 Å². The highest BCUT2D eigenvalue weighted by Gasteiger charge is 2.50. The molecule has 1 atom stereocenters. The van der Waals surface area contributed by atoms with E-state index in [2.05, 4.69) is 9.47 Å². The second-order valence-electron chi connectivity index (χ2n) is 4.86. The minimum absolute atomic E-state index is 0.00913. The molecule has 0 saturated carbocycles. The summed E-state index contributed by atoms with van der Waals surface area (Å²) >= 11 is 0. The lowest BCUT2D eigenvalue weighted by molar-refractivity contribution is -0.144. The Kier molecular flexibility index (Phi) is 5.35. The third kappa shape index (κ3) is 3.17. The molecule has 0 N–H and O–H groups in total. The van der Waals surface area contributed by atoms with Crippen LogP contribution in [0.15, 0.2) is 29.5 Å². The molecule has 1 aliphatic heterocycles. The topological polar surface area (TPSA) is 82.1 Å². The van der Waals surface area contributed by atoms with Crippen molar-refractivity contribution in [3.05, 3.63) is 41.2 Å². The van der Waals surface area contributed by atoms with Gasteiger partial charge in [0.1, 0.15) is 17.2 Å². The predicted molar refractivity (Wildman–Crippen MR) is 80.3 cm³/mol. The van der Waals surface area contributed by atoms with Crippen LogP contribution in [0.25, 0.3) is 0 Å². The van der Waals surface area contributed by atoms with Gasteiger partial charge in [-0.25, -0.2) is 18.4 Å². The number of amides is 1. The minimum atomic E-state index is -1.62. The van der Waals surface area contributed by atoms with E-state index < -0.39 is 52.5 Å². The van der Waals surface area contributed by atoms with E-state index in [1.54, 1.807) is 6.92 Å². The molecule has 1 aromatic rings. The average molecular weight is 355 g/mol. The SMILES string of the molecule is CCOC1=C(C(=O)OC)C(C(=O)OC)N(c2ccc(F)cc2F)C1=O. The highest BCUT2D eigenvalue weighted by molar-refractivity contribution is 6.20. The molecule has 1 aliphatic rings. The molecule has 0 aliphatic carbocycles. The number of halogens is 2. The molecule has 134 valence electrons. The maximum absolute atomic E-state index is 14.2. The van der Waals surface area contributed by atoms with E-state index in [0.717, 1.165) is 26.4 Å². The van der Waals surface area contributed by atoms with Crippen molar-refractivity contribution >= 4 is 23.5 Å². The molecule has 0 spiro atoms. The lowest BCUT2D eigenvalue weighted by Gasteiger charge is -2.24. The first-order valence-electron chi connectivity index (χ1n) is 7.19. The Morgan fingerprint density at radius 1 is 1.20 bits per heavy atom. The van der Waals surface area contributed by atoms with Gasteiger partial charge in [0.05, 0.1) is 26.5 Å². The second-order valence-corrected chi connectivity index (χ2v) is 4.86. The van der Waals surface area contributed by atoms with E-state index in [4.69, 9.17) is 4.74 Å². The van der Waals surface area contributed by atoms with Crippen molar-refractivity contribution in [1.82, 2.24) is 0 Å². The Morgan fingerprint density at radius 2 is 1.88 bits per heavy atom. The second kappa shape index (κ2) is 7.29. The monoisotopic (exact) mass is 355 g/mol. The van der Waals surface area contributed by atoms with Crippen molar-refractivity contribution < 1.29 is 37.4 Å². The summed E-state index contributed by atoms with van der Waals surface area (Å²) in [7, 11) is 2.10. The molecule has 0 bridgehead atoms. The van der Waals surface area contributed by atoms with Gasteiger partial charge in [-0.05, 0) is 19.1 Å². The Labute approximate surface area is 141 Å². The third-order valence-corrected chi connectivity index (χ3v) is 3.48. The molecule has 1 heterocycles. The fourth-order valence-electron chi connectivity index (χ4n) is 2.45. The summed E-state index contributed by atoms with van der Waals surface area (Å²) in [5.41, 5.74) is -0.817. The lowest BCUT2D eigenvalue weighted by Crippen LogP contribution is -2.43. The number of methoxy groups -OCH3 is 2. The number of benzene rings is 1. The van der Waals surface area contributed by atoms with Crippen molar-refractivity contribution in [2.24, 2.45) is 0 Å². The van der Waals surface area contributed by atoms with Gasteiger partial charge in [0.15, 0.2) is 11.8 Å². The van der Waals surface area contributed by atoms with E-state index in [9.17, 15) is 23.2 Å². The zero-order valence-electron chi connectivity index (χ0n) is 13.7. The smallest absolute Gasteiger partial charge is 0.340 e. The van der Waals surface area contributed by atoms with Crippen molar-refractivity contribution in [3.63, 3.8) is 0 Å². The van der Waals surface area contributed by atoms with Crippen LogP contribution in [-0.2, 0) is 28.6 Å². The summed E-state index contributed by atoms with van der Waals surface area (Å²) in [6, 6.07) is 0.818. The van der Waals surface area contributed by atoms with Crippen LogP contribution in [0.4, 0.5) is 14.5 Å². The quantitative estimate of drug-likeness (QED) is 0.741. The van der Waals surface area contributed by atoms with E-state index in [1.807, 2.05) is 0 Å². The molecule has 1 aromatic carbocycles. The fourth-order valence-corrected chi connectivity index (χ4v) is 2.45. The van der Waals surface area contributed by atoms with Crippen molar-refractivity contribution in [2.75, 3.05) is 25.7 Å². The number of carbonyl (C=O) groups is 3. The van der Waals surface area contributed by atoms with Crippen molar-refractivity contribution in [2.45, 2.75) is 13.0 Å². The summed E-state index contributed by atoms with van der Waals surface area (Å²) in [5, 5.41) is 0. The van der Waals surface area contributed by atoms with Crippen molar-refractivity contribution in [3.8, 4) is 0 Å². The van der Waals surface area contributed by atoms with Gasteiger partial charge >= 0.3 is 11.9 Å². The van der Waals surface area contributed by atoms with Gasteiger partial charge in [-0.15, -0.1) is 0 Å². The molecule has 9 heteroatoms. The Bertz CT molecular complexity index is 761. The van der Waals surface area contributed by atoms with Gasteiger partial charge in [0, 0.05) is 6.07 Å². The highest BCUT2D eigenvalue weighted by atomic mass is 19.1. The standard InChI is InChI=1S/C16H15F2NO6/c1-4-25-13-11(15(21)23-2)12(16(22)24-3)19(14(13)20)10-6-5-8(17)7-9(10)18/h5-7,12H,4H2,1-3H3. The number of esters is 2. The van der Waals surface area contributed by atoms with Crippen LogP contribution < -0.4 is 4.90 Å². The number of ether oxygens (including phenoxy) is 3. The number of hydrogen-bond acceptors (Lipinski definition) is 6. The zero-order valence-corrected chi connectivity index (χ0v) is 13.7. The van der Waals surface area contributed by atoms with Crippen LogP contribution in [0, 0.1) is 11.6 Å². The molecule has 1 amide bonds. The molecule has 0 radical (unpaired) electrons. The lowest BCUT2D eigenvalue weighted by atomic mass is 10.1. The molecule has 2 rings (SSSR count). The van der Waals surface area contributed by atoms with E-state index in [1.165, 1.54) is 0 Å². The number of carbonyl (C=O) groups excluding carboxylic acids is 3. The normalized spacial score (nSPS) is 16.9. The van der Waals surface area contributed by atoms with Gasteiger partial charge < -0.3 is 14.2 Å². The van der Waals surface area contributed by atoms with Crippen LogP contribution in [0.1, 0.15) is 6.92 Å². The van der Waals surface area contributed by atoms with Crippen LogP contribution in [0.3, 0.4) is 0 Å². The first kappa shape index (κ1) is 18.4. The first-order chi connectivity index (χ1) is 11.9. The highest BCUT2D eigenvalue weighted by Crippen LogP contribution is 2.35. The largest absolute Gasteiger partial charge is 0.488 e. The fraction of sp³-hybridized carbons (Fsp3) is 0.312. The Morgan fingerprint density at radius 3 is 2.40 bits per heavy atom. The molecule has 1 unspecified atom stereocenters. The molecule has 0 fully saturated rings. The molecule has 25 heavy (non-hydrogen) atoms. The van der Waals surface area contributed by atoms with Gasteiger partial charge in [-0.2, -0.15) is 0 Å². The van der Waals surface area contributed by atoms with E-state index in [0.29, 0.717) is 11.0 Å². The van der Waals surface area contributed by atoms with E-state index >= 15 is 0 Å². The van der Waals surface area contributed by atoms with Gasteiger partial charge in [-0.1, -0.05) is 0 Å². The summed E-state index contributed by atoms with van der Waals surface area (Å²) in [6.45, 7) is 1.57. The van der Waals surface area contributed by atoms with Crippen LogP contribution in [0.2, 0.25) is 0 Å². The van der Waals surface area contributed by atoms with Crippen LogP contribution in [-0.4, -0.2) is 44.7 Å². The number of rotatable bonds is 5. The molecule has 0 saturated heterocycles. The summed E-state index contributed by atoms with van der Waals surface area (Å²) in [4.78, 5) is 37.6. The molecule has 7 nitrogen and oxygen atoms in total. The third-order valence-electron chi connectivity index (χ3n) is 3.48. The summed E-state index contributed by atoms with van der Waals surface area (Å²) < 4.78 is 41.7. The van der Waals surface area contributed by atoms with Crippen molar-refractivity contribution in [1.29, 1.82) is 0 Å². The number of anilines is 1. The Balaban J connectivity index is 2.66. The summed E-state index contributed by atoms with van der Waals surface area (Å²) in [5.74, 6) is -5.36. The maximum atomic E-state index is 14.2. The predicted octanol–water partition coefficient (Wildman–Crippen LogP) is 1.32. The van der Waals surface area contributed by atoms with E-state index in [-0.39, 0.29) is 6.61 Å². The van der Waals surface area contributed by atoms with Gasteiger partial charge in [0.25, 0.3) is 5.91 Å². The molecular formula is C16H15F2NO6. The number of hydrogen-bond donors (Lipinski definition) is 0. The summed E-state index contributed by atoms with van der Waals surface area (Å²) in [6.07, 6.45) is 0.